The Morgan fingerprint density at radius 2 is 2.00 bits per heavy atom. The zero-order chi connectivity index (χ0) is 10.7. The molecule has 1 aliphatic rings. The highest BCUT2D eigenvalue weighted by atomic mass is 16.3. The van der Waals surface area contributed by atoms with Crippen LogP contribution in [0.1, 0.15) is 40.0 Å². The van der Waals surface area contributed by atoms with Gasteiger partial charge in [0.05, 0.1) is 6.10 Å². The summed E-state index contributed by atoms with van der Waals surface area (Å²) in [5.41, 5.74) is 0. The van der Waals surface area contributed by atoms with Gasteiger partial charge in [-0.3, -0.25) is 0 Å². The molecule has 1 rings (SSSR count). The van der Waals surface area contributed by atoms with Crippen LogP contribution in [0.5, 0.6) is 0 Å². The molecule has 0 aromatic heterocycles. The third kappa shape index (κ3) is 3.25. The third-order valence-corrected chi connectivity index (χ3v) is 3.26. The van der Waals surface area contributed by atoms with Crippen LogP contribution >= 0.6 is 0 Å². The Hall–Kier alpha value is -0.0800. The van der Waals surface area contributed by atoms with Crippen LogP contribution in [0.3, 0.4) is 0 Å². The highest BCUT2D eigenvalue weighted by Gasteiger charge is 2.29. The van der Waals surface area contributed by atoms with Gasteiger partial charge in [-0.05, 0) is 38.1 Å². The summed E-state index contributed by atoms with van der Waals surface area (Å²) in [6.07, 6.45) is 3.22. The summed E-state index contributed by atoms with van der Waals surface area (Å²) < 4.78 is 0. The van der Waals surface area contributed by atoms with Crippen molar-refractivity contribution < 1.29 is 5.11 Å². The van der Waals surface area contributed by atoms with Gasteiger partial charge < -0.3 is 10.0 Å². The van der Waals surface area contributed by atoms with Crippen molar-refractivity contribution in [1.82, 2.24) is 4.90 Å². The van der Waals surface area contributed by atoms with Gasteiger partial charge in [0.15, 0.2) is 0 Å². The zero-order valence-electron chi connectivity index (χ0n) is 10.0. The van der Waals surface area contributed by atoms with Crippen molar-refractivity contribution in [2.24, 2.45) is 11.8 Å². The summed E-state index contributed by atoms with van der Waals surface area (Å²) in [5, 5.41) is 9.93. The molecular weight excluding hydrogens is 174 g/mol. The molecule has 1 aliphatic carbocycles. The molecule has 3 atom stereocenters. The Morgan fingerprint density at radius 3 is 2.57 bits per heavy atom. The first-order valence-corrected chi connectivity index (χ1v) is 5.89. The maximum Gasteiger partial charge on any atom is 0.0695 e. The fraction of sp³-hybridized carbons (Fsp3) is 1.00. The van der Waals surface area contributed by atoms with Gasteiger partial charge in [-0.25, -0.2) is 0 Å². The molecule has 1 N–H and O–H groups in total. The lowest BCUT2D eigenvalue weighted by molar-refractivity contribution is 0.0131. The Balaban J connectivity index is 2.46. The molecule has 2 heteroatoms. The maximum absolute atomic E-state index is 9.93. The van der Waals surface area contributed by atoms with E-state index in [4.69, 9.17) is 0 Å². The summed E-state index contributed by atoms with van der Waals surface area (Å²) >= 11 is 0. The largest absolute Gasteiger partial charge is 0.391 e. The first kappa shape index (κ1) is 12.0. The van der Waals surface area contributed by atoms with Crippen molar-refractivity contribution in [3.8, 4) is 0 Å². The highest BCUT2D eigenvalue weighted by Crippen LogP contribution is 2.27. The summed E-state index contributed by atoms with van der Waals surface area (Å²) in [7, 11) is 2.14. The monoisotopic (exact) mass is 199 g/mol. The van der Waals surface area contributed by atoms with Gasteiger partial charge >= 0.3 is 0 Å². The van der Waals surface area contributed by atoms with Crippen LogP contribution in [0, 0.1) is 11.8 Å². The minimum Gasteiger partial charge on any atom is -0.391 e. The van der Waals surface area contributed by atoms with E-state index in [2.05, 4.69) is 32.7 Å². The van der Waals surface area contributed by atoms with Crippen LogP contribution in [0.25, 0.3) is 0 Å². The number of nitrogens with zero attached hydrogens (tertiary/aromatic N) is 1. The molecule has 0 heterocycles. The molecule has 84 valence electrons. The van der Waals surface area contributed by atoms with Gasteiger partial charge in [-0.15, -0.1) is 0 Å². The fourth-order valence-electron chi connectivity index (χ4n) is 2.52. The lowest BCUT2D eigenvalue weighted by Gasteiger charge is -2.38. The minimum atomic E-state index is -0.102. The van der Waals surface area contributed by atoms with Crippen molar-refractivity contribution in [1.29, 1.82) is 0 Å². The van der Waals surface area contributed by atoms with E-state index in [0.717, 1.165) is 25.3 Å². The molecule has 3 unspecified atom stereocenters. The second-order valence-corrected chi connectivity index (χ2v) is 5.39. The predicted molar refractivity (Wildman–Crippen MR) is 60.3 cm³/mol. The van der Waals surface area contributed by atoms with E-state index in [1.54, 1.807) is 0 Å². The van der Waals surface area contributed by atoms with Gasteiger partial charge in [0, 0.05) is 12.6 Å². The van der Waals surface area contributed by atoms with Crippen molar-refractivity contribution >= 4 is 0 Å². The van der Waals surface area contributed by atoms with Crippen LogP contribution in [-0.4, -0.2) is 35.7 Å². The predicted octanol–water partition coefficient (Wildman–Crippen LogP) is 2.12. The van der Waals surface area contributed by atoms with Crippen LogP contribution in [0.4, 0.5) is 0 Å². The second kappa shape index (κ2) is 5.13. The van der Waals surface area contributed by atoms with E-state index in [1.165, 1.54) is 6.42 Å². The lowest BCUT2D eigenvalue weighted by Crippen LogP contribution is -2.46. The van der Waals surface area contributed by atoms with Crippen LogP contribution < -0.4 is 0 Å². The molecule has 0 aromatic carbocycles. The van der Waals surface area contributed by atoms with Gasteiger partial charge in [0.2, 0.25) is 0 Å². The smallest absolute Gasteiger partial charge is 0.0695 e. The molecule has 0 amide bonds. The SMILES string of the molecule is CC(C)CN(C)C1CC(C)CCC1O. The highest BCUT2D eigenvalue weighted by molar-refractivity contribution is 4.84. The zero-order valence-corrected chi connectivity index (χ0v) is 10.0. The molecule has 0 radical (unpaired) electrons. The molecule has 14 heavy (non-hydrogen) atoms. The van der Waals surface area contributed by atoms with Crippen LogP contribution in [0.2, 0.25) is 0 Å². The number of hydrogen-bond donors (Lipinski definition) is 1. The fourth-order valence-corrected chi connectivity index (χ4v) is 2.52. The summed E-state index contributed by atoms with van der Waals surface area (Å²) in [4.78, 5) is 2.34. The maximum atomic E-state index is 9.93. The minimum absolute atomic E-state index is 0.102. The first-order valence-electron chi connectivity index (χ1n) is 5.89. The van der Waals surface area contributed by atoms with Gasteiger partial charge in [-0.2, -0.15) is 0 Å². The number of aliphatic hydroxyl groups is 1. The lowest BCUT2D eigenvalue weighted by atomic mass is 9.84. The third-order valence-electron chi connectivity index (χ3n) is 3.26. The first-order chi connectivity index (χ1) is 6.50. The van der Waals surface area contributed by atoms with Crippen molar-refractivity contribution in [3.63, 3.8) is 0 Å². The summed E-state index contributed by atoms with van der Waals surface area (Å²) in [6.45, 7) is 7.85. The molecule has 1 saturated carbocycles. The Labute approximate surface area is 88.3 Å². The van der Waals surface area contributed by atoms with E-state index in [1.807, 2.05) is 0 Å². The van der Waals surface area contributed by atoms with E-state index >= 15 is 0 Å². The number of hydrogen-bond acceptors (Lipinski definition) is 2. The number of aliphatic hydroxyl groups excluding tert-OH is 1. The molecule has 1 fully saturated rings. The molecule has 2 nitrogen and oxygen atoms in total. The number of likely N-dealkylation sites (N-methyl/N-ethyl adjacent to an activating group) is 1. The molecule has 0 bridgehead atoms. The standard InChI is InChI=1S/C12H25NO/c1-9(2)8-13(4)11-7-10(3)5-6-12(11)14/h9-12,14H,5-8H2,1-4H3. The summed E-state index contributed by atoms with van der Waals surface area (Å²) in [5.74, 6) is 1.46. The molecule has 0 aliphatic heterocycles. The van der Waals surface area contributed by atoms with E-state index in [-0.39, 0.29) is 6.10 Å². The Morgan fingerprint density at radius 1 is 1.36 bits per heavy atom. The van der Waals surface area contributed by atoms with E-state index in [0.29, 0.717) is 12.0 Å². The van der Waals surface area contributed by atoms with Crippen molar-refractivity contribution in [3.05, 3.63) is 0 Å². The van der Waals surface area contributed by atoms with Gasteiger partial charge in [-0.1, -0.05) is 20.8 Å². The average Bonchev–Trinajstić information content (AvgIpc) is 2.08. The second-order valence-electron chi connectivity index (χ2n) is 5.39. The normalized spacial score (nSPS) is 34.1. The topological polar surface area (TPSA) is 23.5 Å². The molecule has 0 aromatic rings. The molecule has 0 saturated heterocycles. The van der Waals surface area contributed by atoms with Crippen LogP contribution in [-0.2, 0) is 0 Å². The van der Waals surface area contributed by atoms with Crippen LogP contribution in [0.15, 0.2) is 0 Å². The van der Waals surface area contributed by atoms with Crippen molar-refractivity contribution in [2.75, 3.05) is 13.6 Å². The van der Waals surface area contributed by atoms with Gasteiger partial charge in [0.1, 0.15) is 0 Å². The van der Waals surface area contributed by atoms with E-state index in [9.17, 15) is 5.11 Å². The van der Waals surface area contributed by atoms with Gasteiger partial charge in [0.25, 0.3) is 0 Å². The average molecular weight is 199 g/mol. The number of rotatable bonds is 3. The Kier molecular flexibility index (Phi) is 4.39. The Bertz CT molecular complexity index is 170. The summed E-state index contributed by atoms with van der Waals surface area (Å²) in [6, 6.07) is 0.390. The molecule has 0 spiro atoms. The quantitative estimate of drug-likeness (QED) is 0.752. The van der Waals surface area contributed by atoms with E-state index < -0.39 is 0 Å². The molecular formula is C12H25NO. The van der Waals surface area contributed by atoms with Crippen molar-refractivity contribution in [2.45, 2.75) is 52.2 Å².